The summed E-state index contributed by atoms with van der Waals surface area (Å²) in [5, 5.41) is 3.24. The van der Waals surface area contributed by atoms with Crippen molar-refractivity contribution in [2.24, 2.45) is 0 Å². The molecule has 0 aliphatic heterocycles. The Bertz CT molecular complexity index is 629. The van der Waals surface area contributed by atoms with Crippen molar-refractivity contribution in [3.8, 4) is 0 Å². The fourth-order valence-corrected chi connectivity index (χ4v) is 5.60. The Morgan fingerprint density at radius 1 is 0.686 bits per heavy atom. The molecule has 0 aliphatic carbocycles. The first-order valence-corrected chi connectivity index (χ1v) is 16.1. The Morgan fingerprint density at radius 3 is 1.49 bits per heavy atom. The van der Waals surface area contributed by atoms with E-state index in [1.54, 1.807) is 11.8 Å². The van der Waals surface area contributed by atoms with Crippen LogP contribution < -0.4 is 5.32 Å². The molecule has 0 atom stereocenters. The van der Waals surface area contributed by atoms with Crippen LogP contribution in [0.1, 0.15) is 160 Å². The highest BCUT2D eigenvalue weighted by molar-refractivity contribution is 7.99. The zero-order chi connectivity index (χ0) is 25.7. The van der Waals surface area contributed by atoms with Gasteiger partial charge in [0.1, 0.15) is 0 Å². The molecule has 3 heteroatoms. The van der Waals surface area contributed by atoms with Crippen LogP contribution in [0.15, 0.2) is 18.2 Å². The first kappa shape index (κ1) is 32.1. The number of anilines is 1. The van der Waals surface area contributed by atoms with E-state index in [1.807, 2.05) is 0 Å². The molecule has 1 N–H and O–H groups in total. The summed E-state index contributed by atoms with van der Waals surface area (Å²) in [7, 11) is 0. The summed E-state index contributed by atoms with van der Waals surface area (Å²) in [6, 6.07) is 6.41. The average Bonchev–Trinajstić information content (AvgIpc) is 2.83. The van der Waals surface area contributed by atoms with Gasteiger partial charge in [-0.1, -0.05) is 149 Å². The van der Waals surface area contributed by atoms with Crippen LogP contribution in [0.3, 0.4) is 0 Å². The van der Waals surface area contributed by atoms with Crippen molar-refractivity contribution in [1.29, 1.82) is 0 Å². The summed E-state index contributed by atoms with van der Waals surface area (Å²) < 4.78 is 0. The molecule has 2 nitrogen and oxygen atoms in total. The highest BCUT2D eigenvalue weighted by Crippen LogP contribution is 2.32. The first-order chi connectivity index (χ1) is 17.0. The van der Waals surface area contributed by atoms with Crippen LogP contribution in [0.4, 0.5) is 5.69 Å². The minimum atomic E-state index is 0.140. The Balaban J connectivity index is 2.00. The minimum absolute atomic E-state index is 0.140. The second-order valence-corrected chi connectivity index (χ2v) is 12.1. The number of hydrogen-bond donors (Lipinski definition) is 1. The molecule has 1 aromatic rings. The van der Waals surface area contributed by atoms with Gasteiger partial charge in [-0.05, 0) is 35.1 Å². The predicted molar refractivity (Wildman–Crippen MR) is 160 cm³/mol. The zero-order valence-electron chi connectivity index (χ0n) is 23.9. The van der Waals surface area contributed by atoms with Crippen LogP contribution in [-0.4, -0.2) is 17.4 Å². The number of amides is 1. The second kappa shape index (κ2) is 21.2. The van der Waals surface area contributed by atoms with Crippen LogP contribution in [0.25, 0.3) is 0 Å². The molecule has 0 saturated carbocycles. The maximum absolute atomic E-state index is 12.6. The summed E-state index contributed by atoms with van der Waals surface area (Å²) in [6.45, 7) is 11.1. The van der Waals surface area contributed by atoms with Crippen molar-refractivity contribution in [1.82, 2.24) is 0 Å². The minimum Gasteiger partial charge on any atom is -0.325 e. The summed E-state index contributed by atoms with van der Waals surface area (Å²) in [6.07, 6.45) is 22.4. The molecule has 0 aromatic heterocycles. The van der Waals surface area contributed by atoms with Crippen molar-refractivity contribution < 1.29 is 4.79 Å². The number of carbonyl (C=O) groups is 1. The maximum Gasteiger partial charge on any atom is 0.234 e. The molecule has 0 spiro atoms. The van der Waals surface area contributed by atoms with Crippen molar-refractivity contribution in [3.05, 3.63) is 29.3 Å². The van der Waals surface area contributed by atoms with Gasteiger partial charge in [0, 0.05) is 5.69 Å². The summed E-state index contributed by atoms with van der Waals surface area (Å²) in [5.74, 6) is 2.60. The molecule has 0 fully saturated rings. The number of benzene rings is 1. The molecule has 1 rings (SSSR count). The molecule has 0 saturated heterocycles. The SMILES string of the molecule is CCCCCCCCCCCCCCCCCCSCC(=O)Nc1c(C(C)C)cccc1C(C)C. The Kier molecular flexibility index (Phi) is 19.4. The largest absolute Gasteiger partial charge is 0.325 e. The van der Waals surface area contributed by atoms with Gasteiger partial charge in [0.05, 0.1) is 5.75 Å². The zero-order valence-corrected chi connectivity index (χ0v) is 24.7. The number of rotatable bonds is 22. The maximum atomic E-state index is 12.6. The number of thioether (sulfide) groups is 1. The van der Waals surface area contributed by atoms with Gasteiger partial charge in [0.25, 0.3) is 0 Å². The fraction of sp³-hybridized carbons (Fsp3) is 0.781. The summed E-state index contributed by atoms with van der Waals surface area (Å²) in [5.41, 5.74) is 3.53. The van der Waals surface area contributed by atoms with Gasteiger partial charge < -0.3 is 5.32 Å². The third-order valence-electron chi connectivity index (χ3n) is 7.01. The highest BCUT2D eigenvalue weighted by atomic mass is 32.2. The average molecular weight is 504 g/mol. The van der Waals surface area contributed by atoms with E-state index >= 15 is 0 Å². The standard InChI is InChI=1S/C32H57NOS/c1-6-7-8-9-10-11-12-13-14-15-16-17-18-19-20-21-25-35-26-31(34)33-32-29(27(2)3)23-22-24-30(32)28(4)5/h22-24,27-28H,6-21,25-26H2,1-5H3,(H,33,34). The predicted octanol–water partition coefficient (Wildman–Crippen LogP) is 10.9. The molecular weight excluding hydrogens is 446 g/mol. The van der Waals surface area contributed by atoms with Crippen LogP contribution in [0, 0.1) is 0 Å². The molecule has 1 amide bonds. The fourth-order valence-electron chi connectivity index (χ4n) is 4.79. The van der Waals surface area contributed by atoms with E-state index < -0.39 is 0 Å². The van der Waals surface area contributed by atoms with Crippen molar-refractivity contribution >= 4 is 23.4 Å². The smallest absolute Gasteiger partial charge is 0.234 e. The van der Waals surface area contributed by atoms with Gasteiger partial charge in [-0.2, -0.15) is 11.8 Å². The molecule has 35 heavy (non-hydrogen) atoms. The lowest BCUT2D eigenvalue weighted by Crippen LogP contribution is -2.18. The summed E-state index contributed by atoms with van der Waals surface area (Å²) >= 11 is 1.78. The van der Waals surface area contributed by atoms with Gasteiger partial charge >= 0.3 is 0 Å². The van der Waals surface area contributed by atoms with Crippen LogP contribution >= 0.6 is 11.8 Å². The molecule has 0 bridgehead atoms. The van der Waals surface area contributed by atoms with E-state index in [2.05, 4.69) is 58.1 Å². The number of para-hydroxylation sites is 1. The lowest BCUT2D eigenvalue weighted by atomic mass is 9.92. The Morgan fingerprint density at radius 2 is 1.09 bits per heavy atom. The van der Waals surface area contributed by atoms with Gasteiger partial charge in [-0.15, -0.1) is 0 Å². The lowest BCUT2D eigenvalue weighted by molar-refractivity contribution is -0.113. The van der Waals surface area contributed by atoms with Gasteiger partial charge in [-0.25, -0.2) is 0 Å². The van der Waals surface area contributed by atoms with Gasteiger partial charge in [0.2, 0.25) is 5.91 Å². The monoisotopic (exact) mass is 503 g/mol. The second-order valence-electron chi connectivity index (χ2n) is 11.0. The van der Waals surface area contributed by atoms with Crippen molar-refractivity contribution in [3.63, 3.8) is 0 Å². The van der Waals surface area contributed by atoms with Crippen molar-refractivity contribution in [2.75, 3.05) is 16.8 Å². The van der Waals surface area contributed by atoms with Crippen LogP contribution in [0.5, 0.6) is 0 Å². The molecule has 0 radical (unpaired) electrons. The van der Waals surface area contributed by atoms with Gasteiger partial charge in [0.15, 0.2) is 0 Å². The van der Waals surface area contributed by atoms with E-state index in [-0.39, 0.29) is 5.91 Å². The Labute approximate surface area is 223 Å². The molecule has 1 aromatic carbocycles. The highest BCUT2D eigenvalue weighted by Gasteiger charge is 2.15. The number of unbranched alkanes of at least 4 members (excludes halogenated alkanes) is 15. The molecular formula is C32H57NOS. The number of carbonyl (C=O) groups excluding carboxylic acids is 1. The normalized spacial score (nSPS) is 11.5. The van der Waals surface area contributed by atoms with Crippen molar-refractivity contribution in [2.45, 2.75) is 149 Å². The Hall–Kier alpha value is -0.960. The lowest BCUT2D eigenvalue weighted by Gasteiger charge is -2.20. The molecule has 0 heterocycles. The first-order valence-electron chi connectivity index (χ1n) is 15.0. The van der Waals surface area contributed by atoms with E-state index in [4.69, 9.17) is 0 Å². The number of hydrogen-bond acceptors (Lipinski definition) is 2. The van der Waals surface area contributed by atoms with Gasteiger partial charge in [-0.3, -0.25) is 4.79 Å². The van der Waals surface area contributed by atoms with E-state index in [0.717, 1.165) is 11.4 Å². The molecule has 0 aliphatic rings. The summed E-state index contributed by atoms with van der Waals surface area (Å²) in [4.78, 5) is 12.6. The van der Waals surface area contributed by atoms with E-state index in [9.17, 15) is 4.79 Å². The van der Waals surface area contributed by atoms with E-state index in [1.165, 1.54) is 114 Å². The molecule has 0 unspecified atom stereocenters. The van der Waals surface area contributed by atoms with Crippen LogP contribution in [0.2, 0.25) is 0 Å². The van der Waals surface area contributed by atoms with Crippen LogP contribution in [-0.2, 0) is 4.79 Å². The topological polar surface area (TPSA) is 29.1 Å². The third-order valence-corrected chi connectivity index (χ3v) is 8.06. The van der Waals surface area contributed by atoms with E-state index in [0.29, 0.717) is 17.6 Å². The quantitative estimate of drug-likeness (QED) is 0.159. The number of nitrogens with one attached hydrogen (secondary N) is 1. The molecule has 202 valence electrons. The third kappa shape index (κ3) is 15.7.